The van der Waals surface area contributed by atoms with Crippen LogP contribution in [0.25, 0.3) is 0 Å². The number of hydrogen-bond donors (Lipinski definition) is 1. The second-order valence-electron chi connectivity index (χ2n) is 7.38. The van der Waals surface area contributed by atoms with Crippen molar-refractivity contribution in [1.29, 1.82) is 0 Å². The lowest BCUT2D eigenvalue weighted by atomic mass is 10.1. The first-order chi connectivity index (χ1) is 14.4. The molecule has 30 heavy (non-hydrogen) atoms. The number of hydrogen-bond acceptors (Lipinski definition) is 3. The lowest BCUT2D eigenvalue weighted by Gasteiger charge is -2.29. The Kier molecular flexibility index (Phi) is 10.2. The molecule has 2 aromatic carbocycles. The minimum atomic E-state index is -0.505. The summed E-state index contributed by atoms with van der Waals surface area (Å²) < 4.78 is 0. The van der Waals surface area contributed by atoms with Gasteiger partial charge in [-0.2, -0.15) is 0 Å². The molecular formula is C24H31ClN2O2S. The van der Waals surface area contributed by atoms with E-state index in [0.29, 0.717) is 19.5 Å². The lowest BCUT2D eigenvalue weighted by molar-refractivity contribution is -0.140. The van der Waals surface area contributed by atoms with Crippen LogP contribution in [0, 0.1) is 6.92 Å². The Morgan fingerprint density at radius 3 is 2.40 bits per heavy atom. The van der Waals surface area contributed by atoms with Gasteiger partial charge in [-0.3, -0.25) is 9.59 Å². The van der Waals surface area contributed by atoms with E-state index in [1.807, 2.05) is 62.4 Å². The number of amides is 2. The van der Waals surface area contributed by atoms with E-state index in [0.717, 1.165) is 34.1 Å². The smallest absolute Gasteiger partial charge is 0.242 e. The molecule has 0 aliphatic carbocycles. The molecule has 0 spiro atoms. The molecule has 1 atom stereocenters. The van der Waals surface area contributed by atoms with Crippen LogP contribution in [0.3, 0.4) is 0 Å². The Bertz CT molecular complexity index is 809. The first kappa shape index (κ1) is 24.3. The second kappa shape index (κ2) is 12.7. The van der Waals surface area contributed by atoms with Gasteiger partial charge in [0.2, 0.25) is 11.8 Å². The zero-order valence-corrected chi connectivity index (χ0v) is 19.6. The monoisotopic (exact) mass is 446 g/mol. The van der Waals surface area contributed by atoms with Crippen LogP contribution in [0.2, 0.25) is 5.02 Å². The number of carbonyl (C=O) groups is 2. The SMILES string of the molecule is CCCNC(=O)[C@H](C)N(Cc1ccc(C)cc1)C(=O)CCCSc1ccc(Cl)cc1. The van der Waals surface area contributed by atoms with Crippen LogP contribution in [0.1, 0.15) is 44.2 Å². The number of aryl methyl sites for hydroxylation is 1. The first-order valence-electron chi connectivity index (χ1n) is 10.4. The third-order valence-electron chi connectivity index (χ3n) is 4.81. The summed E-state index contributed by atoms with van der Waals surface area (Å²) in [5, 5.41) is 3.63. The van der Waals surface area contributed by atoms with Gasteiger partial charge in [0.25, 0.3) is 0 Å². The van der Waals surface area contributed by atoms with E-state index in [-0.39, 0.29) is 11.8 Å². The van der Waals surface area contributed by atoms with Crippen molar-refractivity contribution in [2.24, 2.45) is 0 Å². The van der Waals surface area contributed by atoms with Crippen molar-refractivity contribution < 1.29 is 9.59 Å². The molecule has 0 fully saturated rings. The highest BCUT2D eigenvalue weighted by Gasteiger charge is 2.25. The molecule has 0 aromatic heterocycles. The minimum absolute atomic E-state index is 0.00595. The van der Waals surface area contributed by atoms with E-state index in [1.54, 1.807) is 23.6 Å². The van der Waals surface area contributed by atoms with Gasteiger partial charge < -0.3 is 10.2 Å². The van der Waals surface area contributed by atoms with Crippen molar-refractivity contribution in [3.63, 3.8) is 0 Å². The summed E-state index contributed by atoms with van der Waals surface area (Å²) in [6.45, 7) is 6.90. The molecule has 0 unspecified atom stereocenters. The number of halogens is 1. The van der Waals surface area contributed by atoms with Gasteiger partial charge >= 0.3 is 0 Å². The molecule has 6 heteroatoms. The van der Waals surface area contributed by atoms with Crippen molar-refractivity contribution in [1.82, 2.24) is 10.2 Å². The zero-order valence-electron chi connectivity index (χ0n) is 18.0. The number of thioether (sulfide) groups is 1. The summed E-state index contributed by atoms with van der Waals surface area (Å²) >= 11 is 7.62. The third kappa shape index (κ3) is 8.04. The molecule has 162 valence electrons. The normalized spacial score (nSPS) is 11.7. The molecule has 0 saturated heterocycles. The number of nitrogens with one attached hydrogen (secondary N) is 1. The molecule has 2 rings (SSSR count). The summed E-state index contributed by atoms with van der Waals surface area (Å²) in [6, 6.07) is 15.3. The first-order valence-corrected chi connectivity index (χ1v) is 11.8. The second-order valence-corrected chi connectivity index (χ2v) is 8.98. The molecule has 0 aliphatic heterocycles. The average Bonchev–Trinajstić information content (AvgIpc) is 2.75. The summed E-state index contributed by atoms with van der Waals surface area (Å²) in [7, 11) is 0. The van der Waals surface area contributed by atoms with Gasteiger partial charge in [-0.05, 0) is 62.3 Å². The van der Waals surface area contributed by atoms with Gasteiger partial charge in [-0.25, -0.2) is 0 Å². The van der Waals surface area contributed by atoms with Gasteiger partial charge in [-0.1, -0.05) is 48.4 Å². The Morgan fingerprint density at radius 2 is 1.77 bits per heavy atom. The van der Waals surface area contributed by atoms with Crippen LogP contribution in [-0.4, -0.2) is 35.1 Å². The van der Waals surface area contributed by atoms with Crippen LogP contribution in [0.15, 0.2) is 53.4 Å². The van der Waals surface area contributed by atoms with Crippen molar-refractivity contribution in [3.8, 4) is 0 Å². The number of nitrogens with zero attached hydrogens (tertiary/aromatic N) is 1. The Morgan fingerprint density at radius 1 is 1.10 bits per heavy atom. The average molecular weight is 447 g/mol. The Balaban J connectivity index is 1.96. The molecule has 0 saturated carbocycles. The quantitative estimate of drug-likeness (QED) is 0.368. The van der Waals surface area contributed by atoms with Crippen molar-refractivity contribution >= 4 is 35.2 Å². The predicted molar refractivity (Wildman–Crippen MR) is 126 cm³/mol. The molecule has 4 nitrogen and oxygen atoms in total. The topological polar surface area (TPSA) is 49.4 Å². The molecule has 0 aliphatic rings. The molecule has 1 N–H and O–H groups in total. The van der Waals surface area contributed by atoms with Crippen LogP contribution in [0.5, 0.6) is 0 Å². The molecule has 2 amide bonds. The van der Waals surface area contributed by atoms with E-state index in [9.17, 15) is 9.59 Å². The number of benzene rings is 2. The van der Waals surface area contributed by atoms with E-state index in [1.165, 1.54) is 5.56 Å². The van der Waals surface area contributed by atoms with Crippen LogP contribution < -0.4 is 5.32 Å². The maximum atomic E-state index is 13.0. The van der Waals surface area contributed by atoms with E-state index >= 15 is 0 Å². The largest absolute Gasteiger partial charge is 0.354 e. The van der Waals surface area contributed by atoms with Crippen LogP contribution in [0.4, 0.5) is 0 Å². The third-order valence-corrected chi connectivity index (χ3v) is 6.16. The summed E-state index contributed by atoms with van der Waals surface area (Å²) in [5.74, 6) is 0.738. The molecule has 2 aromatic rings. The van der Waals surface area contributed by atoms with Gasteiger partial charge in [0.1, 0.15) is 6.04 Å². The standard InChI is InChI=1S/C24H31ClN2O2S/c1-4-15-26-24(29)19(3)27(17-20-9-7-18(2)8-10-20)23(28)6-5-16-30-22-13-11-21(25)12-14-22/h7-14,19H,4-6,15-17H2,1-3H3,(H,26,29)/t19-/m0/s1. The lowest BCUT2D eigenvalue weighted by Crippen LogP contribution is -2.47. The number of rotatable bonds is 11. The predicted octanol–water partition coefficient (Wildman–Crippen LogP) is 5.46. The van der Waals surface area contributed by atoms with Gasteiger partial charge in [0.05, 0.1) is 0 Å². The summed E-state index contributed by atoms with van der Waals surface area (Å²) in [6.07, 6.45) is 2.03. The maximum Gasteiger partial charge on any atom is 0.242 e. The van der Waals surface area contributed by atoms with Crippen molar-refractivity contribution in [2.75, 3.05) is 12.3 Å². The van der Waals surface area contributed by atoms with Crippen LogP contribution in [-0.2, 0) is 16.1 Å². The summed E-state index contributed by atoms with van der Waals surface area (Å²) in [4.78, 5) is 28.4. The molecule has 0 heterocycles. The highest BCUT2D eigenvalue weighted by Crippen LogP contribution is 2.22. The van der Waals surface area contributed by atoms with Gasteiger partial charge in [-0.15, -0.1) is 11.8 Å². The maximum absolute atomic E-state index is 13.0. The fourth-order valence-corrected chi connectivity index (χ4v) is 3.94. The molecule has 0 radical (unpaired) electrons. The zero-order chi connectivity index (χ0) is 21.9. The fraction of sp³-hybridized carbons (Fsp3) is 0.417. The van der Waals surface area contributed by atoms with Gasteiger partial charge in [0.15, 0.2) is 0 Å². The summed E-state index contributed by atoms with van der Waals surface area (Å²) in [5.41, 5.74) is 2.20. The number of carbonyl (C=O) groups excluding carboxylic acids is 2. The highest BCUT2D eigenvalue weighted by molar-refractivity contribution is 7.99. The Labute approximate surface area is 189 Å². The van der Waals surface area contributed by atoms with Crippen LogP contribution >= 0.6 is 23.4 Å². The fourth-order valence-electron chi connectivity index (χ4n) is 2.96. The van der Waals surface area contributed by atoms with E-state index in [4.69, 9.17) is 11.6 Å². The van der Waals surface area contributed by atoms with Gasteiger partial charge in [0, 0.05) is 29.4 Å². The Hall–Kier alpha value is -1.98. The van der Waals surface area contributed by atoms with Crippen molar-refractivity contribution in [2.45, 2.75) is 57.5 Å². The van der Waals surface area contributed by atoms with Crippen molar-refractivity contribution in [3.05, 3.63) is 64.7 Å². The minimum Gasteiger partial charge on any atom is -0.354 e. The molecule has 0 bridgehead atoms. The van der Waals surface area contributed by atoms with E-state index in [2.05, 4.69) is 5.32 Å². The van der Waals surface area contributed by atoms with E-state index < -0.39 is 6.04 Å². The highest BCUT2D eigenvalue weighted by atomic mass is 35.5. The molecular weight excluding hydrogens is 416 g/mol.